The summed E-state index contributed by atoms with van der Waals surface area (Å²) in [4.78, 5) is 24.9. The molecule has 0 spiro atoms. The molecule has 1 aromatic carbocycles. The number of hydrogen-bond donors (Lipinski definition) is 3. The van der Waals surface area contributed by atoms with Crippen LogP contribution < -0.4 is 16.4 Å². The first-order valence-electron chi connectivity index (χ1n) is 8.77. The van der Waals surface area contributed by atoms with Crippen molar-refractivity contribution in [3.05, 3.63) is 35.4 Å². The Morgan fingerprint density at radius 2 is 1.72 bits per heavy atom. The lowest BCUT2D eigenvalue weighted by Crippen LogP contribution is -2.53. The van der Waals surface area contributed by atoms with Gasteiger partial charge in [-0.2, -0.15) is 0 Å². The van der Waals surface area contributed by atoms with Gasteiger partial charge in [0.05, 0.1) is 0 Å². The molecular weight excluding hydrogens is 338 g/mol. The van der Waals surface area contributed by atoms with Crippen molar-refractivity contribution in [2.75, 3.05) is 6.54 Å². The molecule has 4 N–H and O–H groups in total. The number of carbonyl (C=O) groups is 2. The minimum atomic E-state index is -0.575. The van der Waals surface area contributed by atoms with Crippen molar-refractivity contribution in [3.63, 3.8) is 0 Å². The molecule has 0 aliphatic heterocycles. The summed E-state index contributed by atoms with van der Waals surface area (Å²) in [7, 11) is 0. The van der Waals surface area contributed by atoms with Crippen LogP contribution in [-0.2, 0) is 4.79 Å². The van der Waals surface area contributed by atoms with Gasteiger partial charge in [0.1, 0.15) is 6.04 Å². The summed E-state index contributed by atoms with van der Waals surface area (Å²) in [6.45, 7) is 8.32. The Morgan fingerprint density at radius 1 is 1.12 bits per heavy atom. The number of amides is 2. The number of aryl methyl sites for hydroxylation is 1. The average Bonchev–Trinajstić information content (AvgIpc) is 2.56. The van der Waals surface area contributed by atoms with E-state index in [1.165, 1.54) is 0 Å². The Hall–Kier alpha value is -1.59. The zero-order chi connectivity index (χ0) is 18.1. The minimum absolute atomic E-state index is 0. The summed E-state index contributed by atoms with van der Waals surface area (Å²) in [6.07, 6.45) is 2.93. The van der Waals surface area contributed by atoms with Crippen molar-refractivity contribution in [2.45, 2.75) is 59.0 Å². The van der Waals surface area contributed by atoms with Crippen LogP contribution in [0, 0.1) is 12.8 Å². The molecule has 25 heavy (non-hydrogen) atoms. The molecule has 2 unspecified atom stereocenters. The Morgan fingerprint density at radius 3 is 2.20 bits per heavy atom. The number of nitrogens with one attached hydrogen (secondary N) is 2. The molecule has 0 saturated heterocycles. The first kappa shape index (κ1) is 23.4. The van der Waals surface area contributed by atoms with E-state index in [1.807, 2.05) is 32.9 Å². The SMILES string of the molecule is CCCCC(CN)NC(=O)C(NC(=O)c1ccc(C)cc1)C(C)C.Cl. The zero-order valence-electron chi connectivity index (χ0n) is 15.7. The molecule has 0 saturated carbocycles. The molecule has 0 bridgehead atoms. The number of unbranched alkanes of at least 4 members (excludes halogenated alkanes) is 1. The van der Waals surface area contributed by atoms with E-state index < -0.39 is 6.04 Å². The average molecular weight is 370 g/mol. The van der Waals surface area contributed by atoms with Crippen LogP contribution in [0.3, 0.4) is 0 Å². The fraction of sp³-hybridized carbons (Fsp3) is 0.579. The molecule has 1 rings (SSSR count). The Bertz CT molecular complexity index is 532. The van der Waals surface area contributed by atoms with Gasteiger partial charge >= 0.3 is 0 Å². The van der Waals surface area contributed by atoms with Gasteiger partial charge < -0.3 is 16.4 Å². The maximum Gasteiger partial charge on any atom is 0.251 e. The van der Waals surface area contributed by atoms with Gasteiger partial charge in [-0.3, -0.25) is 9.59 Å². The second kappa shape index (κ2) is 11.9. The van der Waals surface area contributed by atoms with Crippen molar-refractivity contribution < 1.29 is 9.59 Å². The predicted octanol–water partition coefficient (Wildman–Crippen LogP) is 2.80. The van der Waals surface area contributed by atoms with E-state index >= 15 is 0 Å². The van der Waals surface area contributed by atoms with Gasteiger partial charge in [-0.25, -0.2) is 0 Å². The topological polar surface area (TPSA) is 84.2 Å². The molecule has 0 aliphatic carbocycles. The second-order valence-corrected chi connectivity index (χ2v) is 6.64. The van der Waals surface area contributed by atoms with Crippen LogP contribution in [0.1, 0.15) is 56.0 Å². The maximum absolute atomic E-state index is 12.6. The van der Waals surface area contributed by atoms with E-state index in [1.54, 1.807) is 12.1 Å². The molecule has 1 aromatic rings. The molecular formula is C19H32ClN3O2. The summed E-state index contributed by atoms with van der Waals surface area (Å²) in [6, 6.07) is 6.68. The molecule has 0 heterocycles. The molecule has 142 valence electrons. The third-order valence-corrected chi connectivity index (χ3v) is 4.09. The number of carbonyl (C=O) groups excluding carboxylic acids is 2. The van der Waals surface area contributed by atoms with Crippen molar-refractivity contribution in [3.8, 4) is 0 Å². The normalized spacial score (nSPS) is 12.9. The Kier molecular flexibility index (Phi) is 11.1. The van der Waals surface area contributed by atoms with Crippen molar-refractivity contribution >= 4 is 24.2 Å². The highest BCUT2D eigenvalue weighted by atomic mass is 35.5. The van der Waals surface area contributed by atoms with E-state index in [4.69, 9.17) is 5.73 Å². The summed E-state index contributed by atoms with van der Waals surface area (Å²) < 4.78 is 0. The van der Waals surface area contributed by atoms with Crippen LogP contribution in [0.15, 0.2) is 24.3 Å². The van der Waals surface area contributed by atoms with E-state index in [0.717, 1.165) is 24.8 Å². The van der Waals surface area contributed by atoms with Gasteiger partial charge in [-0.1, -0.05) is 51.3 Å². The molecule has 2 atom stereocenters. The van der Waals surface area contributed by atoms with Crippen LogP contribution in [0.5, 0.6) is 0 Å². The summed E-state index contributed by atoms with van der Waals surface area (Å²) in [5, 5.41) is 5.82. The monoisotopic (exact) mass is 369 g/mol. The van der Waals surface area contributed by atoms with Crippen molar-refractivity contribution in [1.82, 2.24) is 10.6 Å². The highest BCUT2D eigenvalue weighted by Crippen LogP contribution is 2.08. The number of benzene rings is 1. The maximum atomic E-state index is 12.6. The predicted molar refractivity (Wildman–Crippen MR) is 105 cm³/mol. The van der Waals surface area contributed by atoms with Gasteiger partial charge in [0, 0.05) is 18.2 Å². The number of nitrogens with two attached hydrogens (primary N) is 1. The minimum Gasteiger partial charge on any atom is -0.350 e. The molecule has 5 nitrogen and oxygen atoms in total. The van der Waals surface area contributed by atoms with Gasteiger partial charge in [0.15, 0.2) is 0 Å². The van der Waals surface area contributed by atoms with Crippen LogP contribution >= 0.6 is 12.4 Å². The summed E-state index contributed by atoms with van der Waals surface area (Å²) in [5.74, 6) is -0.414. The Labute approximate surface area is 157 Å². The first-order chi connectivity index (χ1) is 11.4. The lowest BCUT2D eigenvalue weighted by Gasteiger charge is -2.25. The highest BCUT2D eigenvalue weighted by molar-refractivity contribution is 5.97. The first-order valence-corrected chi connectivity index (χ1v) is 8.77. The van der Waals surface area contributed by atoms with Crippen molar-refractivity contribution in [2.24, 2.45) is 11.7 Å². The molecule has 0 fully saturated rings. The number of hydrogen-bond acceptors (Lipinski definition) is 3. The summed E-state index contributed by atoms with van der Waals surface area (Å²) >= 11 is 0. The van der Waals surface area contributed by atoms with E-state index in [9.17, 15) is 9.59 Å². The number of rotatable bonds is 9. The molecule has 6 heteroatoms. The van der Waals surface area contributed by atoms with E-state index in [0.29, 0.717) is 12.1 Å². The van der Waals surface area contributed by atoms with Gasteiger partial charge in [-0.15, -0.1) is 12.4 Å². The molecule has 0 radical (unpaired) electrons. The fourth-order valence-electron chi connectivity index (χ4n) is 2.45. The van der Waals surface area contributed by atoms with Crippen LogP contribution in [-0.4, -0.2) is 30.4 Å². The fourth-order valence-corrected chi connectivity index (χ4v) is 2.45. The van der Waals surface area contributed by atoms with E-state index in [-0.39, 0.29) is 36.2 Å². The van der Waals surface area contributed by atoms with Crippen LogP contribution in [0.25, 0.3) is 0 Å². The Balaban J connectivity index is 0.00000576. The van der Waals surface area contributed by atoms with Gasteiger partial charge in [-0.05, 0) is 31.4 Å². The third-order valence-electron chi connectivity index (χ3n) is 4.09. The quantitative estimate of drug-likeness (QED) is 0.625. The summed E-state index contributed by atoms with van der Waals surface area (Å²) in [5.41, 5.74) is 7.39. The van der Waals surface area contributed by atoms with E-state index in [2.05, 4.69) is 17.6 Å². The van der Waals surface area contributed by atoms with Gasteiger partial charge in [0.2, 0.25) is 5.91 Å². The molecule has 0 aromatic heterocycles. The zero-order valence-corrected chi connectivity index (χ0v) is 16.5. The third kappa shape index (κ3) is 7.88. The molecule has 2 amide bonds. The second-order valence-electron chi connectivity index (χ2n) is 6.64. The largest absolute Gasteiger partial charge is 0.350 e. The van der Waals surface area contributed by atoms with Crippen LogP contribution in [0.4, 0.5) is 0 Å². The standard InChI is InChI=1S/C19H31N3O2.ClH/c1-5-6-7-16(12-20)21-19(24)17(13(2)3)22-18(23)15-10-8-14(4)9-11-15;/h8-11,13,16-17H,5-7,12,20H2,1-4H3,(H,21,24)(H,22,23);1H. The lowest BCUT2D eigenvalue weighted by atomic mass is 10.0. The lowest BCUT2D eigenvalue weighted by molar-refractivity contribution is -0.124. The smallest absolute Gasteiger partial charge is 0.251 e. The van der Waals surface area contributed by atoms with Gasteiger partial charge in [0.25, 0.3) is 5.91 Å². The highest BCUT2D eigenvalue weighted by Gasteiger charge is 2.26. The van der Waals surface area contributed by atoms with Crippen LogP contribution in [0.2, 0.25) is 0 Å². The molecule has 0 aliphatic rings. The van der Waals surface area contributed by atoms with Crippen molar-refractivity contribution in [1.29, 1.82) is 0 Å². The number of halogens is 1.